The molecule has 0 aromatic carbocycles. The Hall–Kier alpha value is -2.34. The molecule has 0 bridgehead atoms. The molecule has 1 amide bonds. The van der Waals surface area contributed by atoms with Crippen LogP contribution in [0.4, 0.5) is 5.13 Å². The smallest absolute Gasteiger partial charge is 0.293 e. The van der Waals surface area contributed by atoms with E-state index in [1.165, 1.54) is 17.6 Å². The molecule has 19 heavy (non-hydrogen) atoms. The number of aryl methyl sites for hydroxylation is 1. The summed E-state index contributed by atoms with van der Waals surface area (Å²) in [4.78, 5) is 16.1. The van der Waals surface area contributed by atoms with Crippen LogP contribution in [0.3, 0.4) is 0 Å². The maximum atomic E-state index is 11.8. The normalized spacial score (nSPS) is 10.6. The molecule has 3 rings (SSSR count). The summed E-state index contributed by atoms with van der Waals surface area (Å²) in [7, 11) is 0. The van der Waals surface area contributed by atoms with Gasteiger partial charge in [0.1, 0.15) is 11.5 Å². The molecule has 96 valence electrons. The van der Waals surface area contributed by atoms with Crippen LogP contribution in [0, 0.1) is 6.92 Å². The van der Waals surface area contributed by atoms with Crippen molar-refractivity contribution in [3.05, 3.63) is 47.4 Å². The standard InChI is InChI=1S/C13H10N2O3S/c1-8-4-5-10(18-8)9-7-19-13(14-9)15-12(16)11-3-2-6-17-11/h2-7H,1H3,(H,14,15,16). The van der Waals surface area contributed by atoms with Crippen molar-refractivity contribution in [2.24, 2.45) is 0 Å². The molecular formula is C13H10N2O3S. The molecule has 3 aromatic heterocycles. The Morgan fingerprint density at radius 2 is 2.26 bits per heavy atom. The predicted octanol–water partition coefficient (Wildman–Crippen LogP) is 3.56. The number of aromatic nitrogens is 1. The number of hydrogen-bond acceptors (Lipinski definition) is 5. The number of hydrogen-bond donors (Lipinski definition) is 1. The molecule has 0 unspecified atom stereocenters. The van der Waals surface area contributed by atoms with Crippen LogP contribution in [0.15, 0.2) is 44.7 Å². The van der Waals surface area contributed by atoms with Gasteiger partial charge in [0.05, 0.1) is 6.26 Å². The second kappa shape index (κ2) is 4.74. The highest BCUT2D eigenvalue weighted by molar-refractivity contribution is 7.14. The lowest BCUT2D eigenvalue weighted by Crippen LogP contribution is -2.10. The molecule has 0 saturated heterocycles. The van der Waals surface area contributed by atoms with Crippen molar-refractivity contribution in [3.8, 4) is 11.5 Å². The number of anilines is 1. The average Bonchev–Trinajstić information content (AvgIpc) is 3.07. The van der Waals surface area contributed by atoms with Crippen LogP contribution >= 0.6 is 11.3 Å². The van der Waals surface area contributed by atoms with Crippen LogP contribution in [0.2, 0.25) is 0 Å². The van der Waals surface area contributed by atoms with Crippen LogP contribution < -0.4 is 5.32 Å². The van der Waals surface area contributed by atoms with E-state index >= 15 is 0 Å². The lowest BCUT2D eigenvalue weighted by molar-refractivity contribution is 0.0996. The molecule has 0 spiro atoms. The van der Waals surface area contributed by atoms with E-state index in [1.54, 1.807) is 12.1 Å². The van der Waals surface area contributed by atoms with Gasteiger partial charge in [-0.1, -0.05) is 0 Å². The first-order valence-corrected chi connectivity index (χ1v) is 6.47. The SMILES string of the molecule is Cc1ccc(-c2csc(NC(=O)c3ccco3)n2)o1. The number of nitrogens with zero attached hydrogens (tertiary/aromatic N) is 1. The number of thiazole rings is 1. The Morgan fingerprint density at radius 1 is 1.37 bits per heavy atom. The maximum Gasteiger partial charge on any atom is 0.293 e. The van der Waals surface area contributed by atoms with E-state index in [-0.39, 0.29) is 11.7 Å². The van der Waals surface area contributed by atoms with Gasteiger partial charge in [-0.3, -0.25) is 10.1 Å². The fourth-order valence-electron chi connectivity index (χ4n) is 1.58. The zero-order valence-electron chi connectivity index (χ0n) is 10.0. The van der Waals surface area contributed by atoms with Gasteiger partial charge in [0, 0.05) is 5.38 Å². The molecule has 3 heterocycles. The highest BCUT2D eigenvalue weighted by Crippen LogP contribution is 2.26. The van der Waals surface area contributed by atoms with E-state index < -0.39 is 0 Å². The summed E-state index contributed by atoms with van der Waals surface area (Å²) in [5, 5.41) is 5.01. The summed E-state index contributed by atoms with van der Waals surface area (Å²) in [6.07, 6.45) is 1.45. The molecular weight excluding hydrogens is 264 g/mol. The third-order valence-electron chi connectivity index (χ3n) is 2.46. The van der Waals surface area contributed by atoms with Crippen molar-refractivity contribution in [1.29, 1.82) is 0 Å². The molecule has 3 aromatic rings. The first kappa shape index (κ1) is 11.7. The molecule has 0 aliphatic carbocycles. The molecule has 6 heteroatoms. The van der Waals surface area contributed by atoms with E-state index in [9.17, 15) is 4.79 Å². The van der Waals surface area contributed by atoms with Gasteiger partial charge in [0.15, 0.2) is 16.7 Å². The summed E-state index contributed by atoms with van der Waals surface area (Å²) in [5.74, 6) is 1.45. The number of carbonyl (C=O) groups is 1. The maximum absolute atomic E-state index is 11.8. The van der Waals surface area contributed by atoms with Crippen LogP contribution in [0.1, 0.15) is 16.3 Å². The van der Waals surface area contributed by atoms with Gasteiger partial charge in [-0.25, -0.2) is 4.98 Å². The molecule has 0 radical (unpaired) electrons. The fraction of sp³-hybridized carbons (Fsp3) is 0.0769. The summed E-state index contributed by atoms with van der Waals surface area (Å²) >= 11 is 1.33. The van der Waals surface area contributed by atoms with Crippen molar-refractivity contribution in [2.75, 3.05) is 5.32 Å². The summed E-state index contributed by atoms with van der Waals surface area (Å²) in [5.41, 5.74) is 0.702. The van der Waals surface area contributed by atoms with Crippen LogP contribution in [0.5, 0.6) is 0 Å². The summed E-state index contributed by atoms with van der Waals surface area (Å²) in [6, 6.07) is 6.98. The van der Waals surface area contributed by atoms with Crippen molar-refractivity contribution < 1.29 is 13.6 Å². The van der Waals surface area contributed by atoms with Gasteiger partial charge in [0.2, 0.25) is 0 Å². The van der Waals surface area contributed by atoms with E-state index in [0.717, 1.165) is 5.76 Å². The highest BCUT2D eigenvalue weighted by Gasteiger charge is 2.13. The molecule has 5 nitrogen and oxygen atoms in total. The quantitative estimate of drug-likeness (QED) is 0.793. The van der Waals surface area contributed by atoms with E-state index in [1.807, 2.05) is 24.4 Å². The number of nitrogens with one attached hydrogen (secondary N) is 1. The van der Waals surface area contributed by atoms with Crippen molar-refractivity contribution in [3.63, 3.8) is 0 Å². The Morgan fingerprint density at radius 3 is 2.95 bits per heavy atom. The predicted molar refractivity (Wildman–Crippen MR) is 71.2 cm³/mol. The summed E-state index contributed by atoms with van der Waals surface area (Å²) in [6.45, 7) is 1.87. The number of amides is 1. The minimum Gasteiger partial charge on any atom is -0.460 e. The fourth-order valence-corrected chi connectivity index (χ4v) is 2.28. The van der Waals surface area contributed by atoms with Gasteiger partial charge in [0.25, 0.3) is 5.91 Å². The molecule has 0 atom stereocenters. The molecule has 0 aliphatic rings. The zero-order valence-corrected chi connectivity index (χ0v) is 10.9. The van der Waals surface area contributed by atoms with Gasteiger partial charge < -0.3 is 8.83 Å². The lowest BCUT2D eigenvalue weighted by Gasteiger charge is -1.96. The minimum atomic E-state index is -0.318. The van der Waals surface area contributed by atoms with Gasteiger partial charge in [-0.2, -0.15) is 0 Å². The van der Waals surface area contributed by atoms with E-state index in [4.69, 9.17) is 8.83 Å². The third kappa shape index (κ3) is 2.43. The monoisotopic (exact) mass is 274 g/mol. The lowest BCUT2D eigenvalue weighted by atomic mass is 10.4. The van der Waals surface area contributed by atoms with Crippen molar-refractivity contribution in [2.45, 2.75) is 6.92 Å². The second-order valence-corrected chi connectivity index (χ2v) is 4.74. The Kier molecular flexibility index (Phi) is 2.92. The van der Waals surface area contributed by atoms with Gasteiger partial charge in [-0.15, -0.1) is 11.3 Å². The second-order valence-electron chi connectivity index (χ2n) is 3.88. The topological polar surface area (TPSA) is 68.3 Å². The zero-order chi connectivity index (χ0) is 13.2. The average molecular weight is 274 g/mol. The molecule has 0 aliphatic heterocycles. The minimum absolute atomic E-state index is 0.255. The van der Waals surface area contributed by atoms with Gasteiger partial charge >= 0.3 is 0 Å². The number of carbonyl (C=O) groups excluding carboxylic acids is 1. The first-order chi connectivity index (χ1) is 9.22. The molecule has 0 fully saturated rings. The summed E-state index contributed by atoms with van der Waals surface area (Å²) < 4.78 is 10.5. The van der Waals surface area contributed by atoms with Crippen LogP contribution in [-0.4, -0.2) is 10.9 Å². The Labute approximate surface area is 112 Å². The van der Waals surface area contributed by atoms with Gasteiger partial charge in [-0.05, 0) is 31.2 Å². The first-order valence-electron chi connectivity index (χ1n) is 5.59. The third-order valence-corrected chi connectivity index (χ3v) is 3.22. The molecule has 1 N–H and O–H groups in total. The van der Waals surface area contributed by atoms with E-state index in [0.29, 0.717) is 16.6 Å². The van der Waals surface area contributed by atoms with Crippen molar-refractivity contribution in [1.82, 2.24) is 4.98 Å². The Balaban J connectivity index is 1.77. The highest BCUT2D eigenvalue weighted by atomic mass is 32.1. The van der Waals surface area contributed by atoms with Crippen LogP contribution in [0.25, 0.3) is 11.5 Å². The molecule has 0 saturated carbocycles. The van der Waals surface area contributed by atoms with Crippen molar-refractivity contribution >= 4 is 22.4 Å². The van der Waals surface area contributed by atoms with Crippen LogP contribution in [-0.2, 0) is 0 Å². The van der Waals surface area contributed by atoms with E-state index in [2.05, 4.69) is 10.3 Å². The number of rotatable bonds is 3. The number of furan rings is 2. The Bertz CT molecular complexity index is 697. The largest absolute Gasteiger partial charge is 0.460 e.